The number of pyridine rings is 1. The van der Waals surface area contributed by atoms with Crippen LogP contribution in [0.15, 0.2) is 21.3 Å². The summed E-state index contributed by atoms with van der Waals surface area (Å²) in [5.41, 5.74) is 0. The van der Waals surface area contributed by atoms with Crippen LogP contribution in [-0.4, -0.2) is 12.1 Å². The number of hydrogen-bond donors (Lipinski definition) is 0. The topological polar surface area (TPSA) is 22.1 Å². The minimum Gasteiger partial charge on any atom is -1.00 e. The molecule has 0 radical (unpaired) electrons. The molecule has 0 bridgehead atoms. The van der Waals surface area contributed by atoms with Gasteiger partial charge in [0.15, 0.2) is 0 Å². The van der Waals surface area contributed by atoms with Crippen molar-refractivity contribution in [1.82, 2.24) is 4.98 Å². The van der Waals surface area contributed by atoms with Gasteiger partial charge in [0.1, 0.15) is 15.0 Å². The molecule has 0 fully saturated rings. The second kappa shape index (κ2) is 5.54. The fraction of sp³-hybridized carbons (Fsp3) is 0.167. The minimum atomic E-state index is 0. The van der Waals surface area contributed by atoms with Gasteiger partial charge in [0.25, 0.3) is 0 Å². The first-order chi connectivity index (χ1) is 4.72. The van der Waals surface area contributed by atoms with Gasteiger partial charge in [-0.3, -0.25) is 0 Å². The Kier molecular flexibility index (Phi) is 6.00. The molecule has 0 atom stereocenters. The average Bonchev–Trinajstić information content (AvgIpc) is 1.85. The quantitative estimate of drug-likeness (QED) is 0.525. The number of nitrogens with zero attached hydrogens (tertiary/aromatic N) is 1. The molecular formula is C6H6Br2NNaO. The zero-order valence-corrected chi connectivity index (χ0v) is 11.4. The Labute approximate surface area is 106 Å². The van der Waals surface area contributed by atoms with E-state index in [1.165, 1.54) is 0 Å². The predicted molar refractivity (Wildman–Crippen MR) is 47.3 cm³/mol. The Bertz CT molecular complexity index is 229. The van der Waals surface area contributed by atoms with Gasteiger partial charge in [-0.25, -0.2) is 4.98 Å². The Hall–Kier alpha value is 0.910. The Morgan fingerprint density at radius 1 is 1.36 bits per heavy atom. The second-order valence-corrected chi connectivity index (χ2v) is 3.28. The van der Waals surface area contributed by atoms with Crippen molar-refractivity contribution in [3.05, 3.63) is 21.3 Å². The smallest absolute Gasteiger partial charge is 1.00 e. The predicted octanol–water partition coefficient (Wildman–Crippen LogP) is -0.268. The maximum Gasteiger partial charge on any atom is 1.00 e. The first-order valence-corrected chi connectivity index (χ1v) is 4.18. The fourth-order valence-electron chi connectivity index (χ4n) is 0.561. The molecule has 0 aromatic carbocycles. The molecule has 0 saturated carbocycles. The normalized spacial score (nSPS) is 8.64. The number of halogens is 2. The van der Waals surface area contributed by atoms with Gasteiger partial charge in [-0.1, -0.05) is 0 Å². The van der Waals surface area contributed by atoms with Crippen molar-refractivity contribution >= 4 is 31.9 Å². The molecule has 56 valence electrons. The van der Waals surface area contributed by atoms with Crippen LogP contribution in [0.25, 0.3) is 0 Å². The van der Waals surface area contributed by atoms with Gasteiger partial charge in [-0.2, -0.15) is 0 Å². The first-order valence-electron chi connectivity index (χ1n) is 2.59. The molecule has 1 heterocycles. The molecule has 1 aromatic heterocycles. The third kappa shape index (κ3) is 3.90. The van der Waals surface area contributed by atoms with Gasteiger partial charge in [0, 0.05) is 12.1 Å². The van der Waals surface area contributed by atoms with E-state index in [1.807, 2.05) is 0 Å². The van der Waals surface area contributed by atoms with E-state index in [-0.39, 0.29) is 31.0 Å². The van der Waals surface area contributed by atoms with Crippen molar-refractivity contribution in [3.8, 4) is 5.75 Å². The molecule has 0 amide bonds. The van der Waals surface area contributed by atoms with Crippen LogP contribution < -0.4 is 34.3 Å². The van der Waals surface area contributed by atoms with Crippen LogP contribution in [0.5, 0.6) is 5.75 Å². The van der Waals surface area contributed by atoms with Crippen LogP contribution in [0.2, 0.25) is 0 Å². The van der Waals surface area contributed by atoms with Crippen molar-refractivity contribution < 1.29 is 35.7 Å². The van der Waals surface area contributed by atoms with Crippen molar-refractivity contribution in [2.24, 2.45) is 0 Å². The van der Waals surface area contributed by atoms with E-state index in [9.17, 15) is 0 Å². The minimum absolute atomic E-state index is 0. The fourth-order valence-corrected chi connectivity index (χ4v) is 1.63. The average molecular weight is 291 g/mol. The summed E-state index contributed by atoms with van der Waals surface area (Å²) in [6.45, 7) is 0. The molecule has 0 spiro atoms. The van der Waals surface area contributed by atoms with Crippen molar-refractivity contribution in [1.29, 1.82) is 0 Å². The second-order valence-electron chi connectivity index (χ2n) is 1.65. The van der Waals surface area contributed by atoms with Gasteiger partial charge in [-0.15, -0.1) is 0 Å². The summed E-state index contributed by atoms with van der Waals surface area (Å²) in [4.78, 5) is 4.04. The summed E-state index contributed by atoms with van der Waals surface area (Å²) in [6, 6.07) is 3.59. The zero-order valence-electron chi connectivity index (χ0n) is 7.27. The van der Waals surface area contributed by atoms with Crippen LogP contribution in [0.1, 0.15) is 1.43 Å². The molecule has 1 rings (SSSR count). The Morgan fingerprint density at radius 3 is 2.18 bits per heavy atom. The van der Waals surface area contributed by atoms with Gasteiger partial charge >= 0.3 is 29.6 Å². The molecule has 0 aliphatic carbocycles. The molecule has 0 aliphatic heterocycles. The van der Waals surface area contributed by atoms with Gasteiger partial charge < -0.3 is 6.16 Å². The SMILES string of the molecule is COc1cc(Br)nc(Br)c1.[H-].[Na+]. The molecular weight excluding hydrogens is 285 g/mol. The number of hydrogen-bond acceptors (Lipinski definition) is 2. The third-order valence-electron chi connectivity index (χ3n) is 0.972. The molecule has 0 aliphatic rings. The number of rotatable bonds is 1. The van der Waals surface area contributed by atoms with Crippen LogP contribution in [0, 0.1) is 0 Å². The largest absolute Gasteiger partial charge is 1.00 e. The van der Waals surface area contributed by atoms with Gasteiger partial charge in [0.2, 0.25) is 0 Å². The Balaban J connectivity index is 0. The summed E-state index contributed by atoms with van der Waals surface area (Å²) in [7, 11) is 1.62. The Morgan fingerprint density at radius 2 is 1.82 bits per heavy atom. The van der Waals surface area contributed by atoms with E-state index >= 15 is 0 Å². The van der Waals surface area contributed by atoms with Gasteiger partial charge in [-0.05, 0) is 31.9 Å². The van der Waals surface area contributed by atoms with E-state index in [1.54, 1.807) is 19.2 Å². The monoisotopic (exact) mass is 289 g/mol. The van der Waals surface area contributed by atoms with E-state index in [0.29, 0.717) is 0 Å². The summed E-state index contributed by atoms with van der Waals surface area (Å²) in [5.74, 6) is 0.786. The van der Waals surface area contributed by atoms with Crippen molar-refractivity contribution in [2.75, 3.05) is 7.11 Å². The first kappa shape index (κ1) is 11.9. The molecule has 0 saturated heterocycles. The van der Waals surface area contributed by atoms with Crippen molar-refractivity contribution in [3.63, 3.8) is 0 Å². The molecule has 0 N–H and O–H groups in total. The summed E-state index contributed by atoms with van der Waals surface area (Å²) < 4.78 is 6.50. The molecule has 11 heavy (non-hydrogen) atoms. The van der Waals surface area contributed by atoms with Crippen LogP contribution in [0.3, 0.4) is 0 Å². The number of ether oxygens (including phenoxy) is 1. The number of methoxy groups -OCH3 is 1. The van der Waals surface area contributed by atoms with Crippen LogP contribution in [0.4, 0.5) is 0 Å². The summed E-state index contributed by atoms with van der Waals surface area (Å²) >= 11 is 6.47. The summed E-state index contributed by atoms with van der Waals surface area (Å²) in [5, 5.41) is 0. The standard InChI is InChI=1S/C6H5Br2NO.Na.H/c1-10-4-2-5(7)9-6(8)3-4;;/h2-3H,1H3;;/q;+1;-1. The zero-order chi connectivity index (χ0) is 7.56. The molecule has 5 heteroatoms. The van der Waals surface area contributed by atoms with E-state index in [4.69, 9.17) is 4.74 Å². The summed E-state index contributed by atoms with van der Waals surface area (Å²) in [6.07, 6.45) is 0. The molecule has 1 aromatic rings. The number of aromatic nitrogens is 1. The van der Waals surface area contributed by atoms with Gasteiger partial charge in [0.05, 0.1) is 7.11 Å². The van der Waals surface area contributed by atoms with Crippen LogP contribution >= 0.6 is 31.9 Å². The molecule has 0 unspecified atom stereocenters. The maximum atomic E-state index is 4.98. The van der Waals surface area contributed by atoms with Crippen molar-refractivity contribution in [2.45, 2.75) is 0 Å². The third-order valence-corrected chi connectivity index (χ3v) is 1.78. The van der Waals surface area contributed by atoms with Crippen LogP contribution in [-0.2, 0) is 0 Å². The molecule has 2 nitrogen and oxygen atoms in total. The van der Waals surface area contributed by atoms with E-state index < -0.39 is 0 Å². The van der Waals surface area contributed by atoms with E-state index in [2.05, 4.69) is 36.8 Å². The van der Waals surface area contributed by atoms with E-state index in [0.717, 1.165) is 15.0 Å². The maximum absolute atomic E-state index is 4.98.